The van der Waals surface area contributed by atoms with Crippen LogP contribution in [0, 0.1) is 6.92 Å². The minimum Gasteiger partial charge on any atom is -0.455 e. The zero-order chi connectivity index (χ0) is 22.6. The molecule has 1 aromatic heterocycles. The summed E-state index contributed by atoms with van der Waals surface area (Å²) >= 11 is 0. The highest BCUT2D eigenvalue weighted by atomic mass is 16.5. The summed E-state index contributed by atoms with van der Waals surface area (Å²) in [5, 5.41) is 5.06. The number of para-hydroxylation sites is 2. The van der Waals surface area contributed by atoms with Gasteiger partial charge in [-0.05, 0) is 71.5 Å². The molecule has 0 aliphatic heterocycles. The smallest absolute Gasteiger partial charge is 0.255 e. The lowest BCUT2D eigenvalue weighted by Gasteiger charge is -2.13. The minimum absolute atomic E-state index is 0.190. The van der Waals surface area contributed by atoms with E-state index >= 15 is 0 Å². The van der Waals surface area contributed by atoms with Crippen LogP contribution in [0.15, 0.2) is 109 Å². The zero-order valence-electron chi connectivity index (χ0n) is 18.2. The predicted octanol–water partition coefficient (Wildman–Crippen LogP) is 7.25. The first kappa shape index (κ1) is 20.5. The highest BCUT2D eigenvalue weighted by molar-refractivity contribution is 6.05. The Labute approximate surface area is 192 Å². The van der Waals surface area contributed by atoms with Crippen LogP contribution in [0.3, 0.4) is 0 Å². The number of amides is 1. The maximum atomic E-state index is 12.9. The van der Waals surface area contributed by atoms with E-state index in [1.54, 1.807) is 12.4 Å². The predicted molar refractivity (Wildman–Crippen MR) is 133 cm³/mol. The summed E-state index contributed by atoms with van der Waals surface area (Å²) in [7, 11) is 0. The molecular weight excluding hydrogens is 408 g/mol. The molecule has 4 heteroatoms. The van der Waals surface area contributed by atoms with Gasteiger partial charge in [-0.1, -0.05) is 54.6 Å². The third-order valence-corrected chi connectivity index (χ3v) is 5.58. The summed E-state index contributed by atoms with van der Waals surface area (Å²) in [6.07, 6.45) is 3.57. The molecule has 1 N–H and O–H groups in total. The van der Waals surface area contributed by atoms with Crippen molar-refractivity contribution in [2.24, 2.45) is 0 Å². The number of fused-ring (bicyclic) bond motifs is 1. The SMILES string of the molecule is Cc1ccccc1-c1ccc(C(=O)Nc2ccccc2Oc2ccc3ccncc3c2)cc1. The van der Waals surface area contributed by atoms with Gasteiger partial charge in [0.05, 0.1) is 5.69 Å². The topological polar surface area (TPSA) is 51.2 Å². The first-order valence-electron chi connectivity index (χ1n) is 10.8. The van der Waals surface area contributed by atoms with Crippen molar-refractivity contribution in [3.05, 3.63) is 121 Å². The van der Waals surface area contributed by atoms with Crippen LogP contribution in [0.4, 0.5) is 5.69 Å². The van der Waals surface area contributed by atoms with E-state index < -0.39 is 0 Å². The fraction of sp³-hybridized carbons (Fsp3) is 0.0345. The van der Waals surface area contributed by atoms with Gasteiger partial charge in [0.2, 0.25) is 0 Å². The van der Waals surface area contributed by atoms with Crippen molar-refractivity contribution in [1.29, 1.82) is 0 Å². The van der Waals surface area contributed by atoms with Gasteiger partial charge < -0.3 is 10.1 Å². The Morgan fingerprint density at radius 2 is 1.61 bits per heavy atom. The Balaban J connectivity index is 1.35. The van der Waals surface area contributed by atoms with E-state index in [0.29, 0.717) is 22.7 Å². The summed E-state index contributed by atoms with van der Waals surface area (Å²) in [4.78, 5) is 17.1. The number of hydrogen-bond acceptors (Lipinski definition) is 3. The number of rotatable bonds is 5. The maximum absolute atomic E-state index is 12.9. The summed E-state index contributed by atoms with van der Waals surface area (Å²) in [5.74, 6) is 1.07. The Morgan fingerprint density at radius 1 is 0.818 bits per heavy atom. The third kappa shape index (κ3) is 4.46. The monoisotopic (exact) mass is 430 g/mol. The molecule has 5 aromatic rings. The number of nitrogens with one attached hydrogen (secondary N) is 1. The van der Waals surface area contributed by atoms with E-state index in [2.05, 4.69) is 29.4 Å². The molecule has 0 atom stereocenters. The van der Waals surface area contributed by atoms with Gasteiger partial charge in [0.1, 0.15) is 5.75 Å². The van der Waals surface area contributed by atoms with Crippen molar-refractivity contribution >= 4 is 22.4 Å². The summed E-state index contributed by atoms with van der Waals surface area (Å²) in [6, 6.07) is 31.1. The van der Waals surface area contributed by atoms with Crippen molar-refractivity contribution in [2.75, 3.05) is 5.32 Å². The highest BCUT2D eigenvalue weighted by Crippen LogP contribution is 2.31. The maximum Gasteiger partial charge on any atom is 0.255 e. The van der Waals surface area contributed by atoms with Crippen molar-refractivity contribution < 1.29 is 9.53 Å². The van der Waals surface area contributed by atoms with Crippen LogP contribution < -0.4 is 10.1 Å². The first-order valence-corrected chi connectivity index (χ1v) is 10.8. The fourth-order valence-electron chi connectivity index (χ4n) is 3.80. The van der Waals surface area contributed by atoms with Crippen LogP contribution in [-0.4, -0.2) is 10.9 Å². The normalized spacial score (nSPS) is 10.7. The molecular formula is C29H22N2O2. The molecule has 4 nitrogen and oxygen atoms in total. The standard InChI is InChI=1S/C29H22N2O2/c1-20-6-2-3-7-26(20)22-10-12-23(13-11-22)29(32)31-27-8-4-5-9-28(27)33-25-15-14-21-16-17-30-19-24(21)18-25/h2-19H,1H3,(H,31,32). The van der Waals surface area contributed by atoms with E-state index in [9.17, 15) is 4.79 Å². The van der Waals surface area contributed by atoms with Gasteiger partial charge in [-0.15, -0.1) is 0 Å². The van der Waals surface area contributed by atoms with Crippen LogP contribution in [0.25, 0.3) is 21.9 Å². The van der Waals surface area contributed by atoms with E-state index in [4.69, 9.17) is 4.74 Å². The number of carbonyl (C=O) groups excluding carboxylic acids is 1. The number of aryl methyl sites for hydroxylation is 1. The summed E-state index contributed by atoms with van der Waals surface area (Å²) in [5.41, 5.74) is 4.63. The summed E-state index contributed by atoms with van der Waals surface area (Å²) < 4.78 is 6.10. The van der Waals surface area contributed by atoms with Crippen molar-refractivity contribution in [3.63, 3.8) is 0 Å². The largest absolute Gasteiger partial charge is 0.455 e. The van der Waals surface area contributed by atoms with Crippen LogP contribution in [-0.2, 0) is 0 Å². The van der Waals surface area contributed by atoms with Gasteiger partial charge in [0.15, 0.2) is 5.75 Å². The molecule has 160 valence electrons. The number of ether oxygens (including phenoxy) is 1. The molecule has 0 aliphatic carbocycles. The molecule has 5 rings (SSSR count). The number of hydrogen-bond donors (Lipinski definition) is 1. The van der Waals surface area contributed by atoms with Gasteiger partial charge in [-0.25, -0.2) is 0 Å². The van der Waals surface area contributed by atoms with Gasteiger partial charge in [0.25, 0.3) is 5.91 Å². The Bertz CT molecular complexity index is 1440. The average molecular weight is 431 g/mol. The van der Waals surface area contributed by atoms with Crippen LogP contribution >= 0.6 is 0 Å². The second-order valence-electron chi connectivity index (χ2n) is 7.83. The Hall–Kier alpha value is -4.44. The number of benzene rings is 4. The van der Waals surface area contributed by atoms with E-state index in [0.717, 1.165) is 21.9 Å². The summed E-state index contributed by atoms with van der Waals surface area (Å²) in [6.45, 7) is 2.08. The third-order valence-electron chi connectivity index (χ3n) is 5.58. The van der Waals surface area contributed by atoms with Gasteiger partial charge >= 0.3 is 0 Å². The lowest BCUT2D eigenvalue weighted by Crippen LogP contribution is -2.12. The van der Waals surface area contributed by atoms with E-state index in [1.807, 2.05) is 84.9 Å². The number of anilines is 1. The number of aromatic nitrogens is 1. The number of nitrogens with zero attached hydrogens (tertiary/aromatic N) is 1. The molecule has 1 heterocycles. The van der Waals surface area contributed by atoms with Crippen molar-refractivity contribution in [3.8, 4) is 22.6 Å². The second-order valence-corrected chi connectivity index (χ2v) is 7.83. The van der Waals surface area contributed by atoms with Crippen LogP contribution in [0.2, 0.25) is 0 Å². The van der Waals surface area contributed by atoms with Gasteiger partial charge in [0, 0.05) is 23.3 Å². The van der Waals surface area contributed by atoms with Crippen LogP contribution in [0.5, 0.6) is 11.5 Å². The molecule has 0 saturated heterocycles. The molecule has 1 amide bonds. The second kappa shape index (κ2) is 8.97. The highest BCUT2D eigenvalue weighted by Gasteiger charge is 2.11. The molecule has 33 heavy (non-hydrogen) atoms. The molecule has 0 saturated carbocycles. The van der Waals surface area contributed by atoms with Gasteiger partial charge in [-0.3, -0.25) is 9.78 Å². The molecule has 0 fully saturated rings. The molecule has 0 unspecified atom stereocenters. The van der Waals surface area contributed by atoms with Gasteiger partial charge in [-0.2, -0.15) is 0 Å². The molecule has 0 aliphatic rings. The number of carbonyl (C=O) groups is 1. The van der Waals surface area contributed by atoms with E-state index in [-0.39, 0.29) is 5.91 Å². The molecule has 0 bridgehead atoms. The Kier molecular flexibility index (Phi) is 5.56. The average Bonchev–Trinajstić information content (AvgIpc) is 2.85. The lowest BCUT2D eigenvalue weighted by molar-refractivity contribution is 0.102. The molecule has 0 spiro atoms. The van der Waals surface area contributed by atoms with Crippen molar-refractivity contribution in [1.82, 2.24) is 4.98 Å². The lowest BCUT2D eigenvalue weighted by atomic mass is 9.99. The Morgan fingerprint density at radius 3 is 2.45 bits per heavy atom. The minimum atomic E-state index is -0.190. The molecule has 0 radical (unpaired) electrons. The molecule has 4 aromatic carbocycles. The van der Waals surface area contributed by atoms with Crippen LogP contribution in [0.1, 0.15) is 15.9 Å². The van der Waals surface area contributed by atoms with Crippen molar-refractivity contribution in [2.45, 2.75) is 6.92 Å². The number of pyridine rings is 1. The fourth-order valence-corrected chi connectivity index (χ4v) is 3.80. The quantitative estimate of drug-likeness (QED) is 0.319. The first-order chi connectivity index (χ1) is 16.2. The van der Waals surface area contributed by atoms with E-state index in [1.165, 1.54) is 5.56 Å². The zero-order valence-corrected chi connectivity index (χ0v) is 18.2.